The van der Waals surface area contributed by atoms with Crippen LogP contribution in [-0.2, 0) is 15.3 Å². The van der Waals surface area contributed by atoms with Crippen molar-refractivity contribution in [1.29, 1.82) is 5.26 Å². The lowest BCUT2D eigenvalue weighted by molar-refractivity contribution is 0.186. The average Bonchev–Trinajstić information content (AvgIpc) is 2.86. The molecule has 192 valence electrons. The van der Waals surface area contributed by atoms with Gasteiger partial charge in [-0.1, -0.05) is 18.7 Å². The number of rotatable bonds is 8. The first-order chi connectivity index (χ1) is 17.0. The molecule has 0 saturated carbocycles. The third-order valence-electron chi connectivity index (χ3n) is 6.24. The molecular weight excluding hydrogens is 495 g/mol. The van der Waals surface area contributed by atoms with Crippen molar-refractivity contribution in [1.82, 2.24) is 15.0 Å². The molecule has 0 radical (unpaired) electrons. The van der Waals surface area contributed by atoms with Gasteiger partial charge in [0.1, 0.15) is 27.8 Å². The van der Waals surface area contributed by atoms with Gasteiger partial charge in [0.2, 0.25) is 5.88 Å². The predicted molar refractivity (Wildman–Crippen MR) is 130 cm³/mol. The molecule has 3 rings (SSSR count). The van der Waals surface area contributed by atoms with Crippen LogP contribution in [0.1, 0.15) is 32.3 Å². The number of anilines is 1. The summed E-state index contributed by atoms with van der Waals surface area (Å²) in [5, 5.41) is 13.4. The van der Waals surface area contributed by atoms with E-state index in [9.17, 15) is 26.9 Å². The topological polar surface area (TPSA) is 118 Å². The van der Waals surface area contributed by atoms with Crippen LogP contribution in [0.25, 0.3) is 11.0 Å². The van der Waals surface area contributed by atoms with Crippen molar-refractivity contribution in [3.8, 4) is 11.9 Å². The van der Waals surface area contributed by atoms with Gasteiger partial charge >= 0.3 is 0 Å². The zero-order chi connectivity index (χ0) is 26.7. The molecule has 0 amide bonds. The molecule has 36 heavy (non-hydrogen) atoms. The van der Waals surface area contributed by atoms with Crippen molar-refractivity contribution in [3.63, 3.8) is 0 Å². The highest BCUT2D eigenvalue weighted by atomic mass is 32.2. The van der Waals surface area contributed by atoms with Gasteiger partial charge in [-0.15, -0.1) is 0 Å². The van der Waals surface area contributed by atoms with Crippen molar-refractivity contribution >= 4 is 26.7 Å². The number of nitrogens with zero attached hydrogens (tertiary/aromatic N) is 4. The Kier molecular flexibility index (Phi) is 8.03. The van der Waals surface area contributed by atoms with Crippen LogP contribution in [0.2, 0.25) is 0 Å². The molecule has 1 N–H and O–H groups in total. The number of halogens is 3. The van der Waals surface area contributed by atoms with Gasteiger partial charge in [0, 0.05) is 16.7 Å². The Morgan fingerprint density at radius 2 is 2.00 bits per heavy atom. The van der Waals surface area contributed by atoms with Gasteiger partial charge < -0.3 is 10.1 Å². The highest BCUT2D eigenvalue weighted by molar-refractivity contribution is 7.91. The van der Waals surface area contributed by atoms with E-state index in [0.717, 1.165) is 6.92 Å². The number of ether oxygens (including phenoxy) is 1. The molecule has 0 aliphatic carbocycles. The molecule has 3 heterocycles. The van der Waals surface area contributed by atoms with Gasteiger partial charge in [0.05, 0.1) is 41.5 Å². The van der Waals surface area contributed by atoms with Gasteiger partial charge in [-0.25, -0.2) is 31.6 Å². The van der Waals surface area contributed by atoms with Crippen LogP contribution in [0.3, 0.4) is 0 Å². The summed E-state index contributed by atoms with van der Waals surface area (Å²) < 4.78 is 70.5. The first kappa shape index (κ1) is 27.1. The van der Waals surface area contributed by atoms with E-state index < -0.39 is 39.1 Å². The van der Waals surface area contributed by atoms with E-state index in [2.05, 4.69) is 32.9 Å². The third-order valence-corrected chi connectivity index (χ3v) is 7.89. The predicted octanol–water partition coefficient (Wildman–Crippen LogP) is 4.42. The van der Waals surface area contributed by atoms with Crippen molar-refractivity contribution in [2.75, 3.05) is 23.9 Å². The minimum Gasteiger partial charge on any atom is -0.481 e. The molecule has 2 aromatic rings. The van der Waals surface area contributed by atoms with Crippen LogP contribution in [0.5, 0.6) is 5.88 Å². The lowest BCUT2D eigenvalue weighted by Crippen LogP contribution is -2.36. The van der Waals surface area contributed by atoms with Gasteiger partial charge in [-0.3, -0.25) is 0 Å². The number of methoxy groups -OCH3 is 1. The maximum atomic E-state index is 14.8. The number of nitriles is 1. The van der Waals surface area contributed by atoms with Crippen LogP contribution >= 0.6 is 0 Å². The molecule has 0 spiro atoms. The maximum Gasteiger partial charge on any atom is 0.262 e. The van der Waals surface area contributed by atoms with Crippen molar-refractivity contribution in [2.24, 2.45) is 0 Å². The Bertz CT molecular complexity index is 1370. The molecule has 1 saturated heterocycles. The molecule has 2 aromatic heterocycles. The second-order valence-corrected chi connectivity index (χ2v) is 10.8. The number of hydrogen-bond acceptors (Lipinski definition) is 8. The van der Waals surface area contributed by atoms with E-state index in [1.165, 1.54) is 25.6 Å². The first-order valence-electron chi connectivity index (χ1n) is 11.0. The maximum absolute atomic E-state index is 14.8. The van der Waals surface area contributed by atoms with E-state index in [-0.39, 0.29) is 47.3 Å². The number of hydrogen-bond donors (Lipinski definition) is 1. The van der Waals surface area contributed by atoms with E-state index in [1.54, 1.807) is 13.0 Å². The van der Waals surface area contributed by atoms with E-state index in [4.69, 9.17) is 4.74 Å². The van der Waals surface area contributed by atoms with E-state index in [1.807, 2.05) is 0 Å². The number of nitrogens with one attached hydrogen (secondary N) is 1. The summed E-state index contributed by atoms with van der Waals surface area (Å²) in [5.74, 6) is -1.01. The number of allylic oxidation sites excluding steroid dienone is 3. The molecule has 12 heteroatoms. The molecular formula is C24H26F3N5O3S. The molecule has 8 nitrogen and oxygen atoms in total. The second kappa shape index (κ2) is 10.7. The fraction of sp³-hybridized carbons (Fsp3) is 0.417. The summed E-state index contributed by atoms with van der Waals surface area (Å²) in [6, 6.07) is 3.05. The third kappa shape index (κ3) is 5.36. The van der Waals surface area contributed by atoms with Gasteiger partial charge in [-0.05, 0) is 32.8 Å². The standard InChI is InChI=1S/C24H26F3N5O3S/c1-5-6-16(19(25)14(2)20(26)27)15(3)31-21-17-11-18(23(35-4)32-22(17)30-13-29-21)24(12-28)7-9-36(33,34)10-8-24/h5-6,11,13,15,20H,1,7-10H2,2-4H3,(H,29,30,31,32)/b16-6-,19-14-/t15-/m1/s1. The lowest BCUT2D eigenvalue weighted by atomic mass is 9.77. The van der Waals surface area contributed by atoms with E-state index in [0.29, 0.717) is 10.9 Å². The monoisotopic (exact) mass is 521 g/mol. The number of sulfone groups is 1. The quantitative estimate of drug-likeness (QED) is 0.507. The SMILES string of the molecule is C=C/C=C(\C(F)=C(/C)C(F)F)[C@@H](C)Nc1ncnc2nc(OC)c(C3(C#N)CCS(=O)(=O)CC3)cc12. The molecule has 1 aliphatic heterocycles. The fourth-order valence-electron chi connectivity index (χ4n) is 4.05. The number of aromatic nitrogens is 3. The van der Waals surface area contributed by atoms with Crippen molar-refractivity contribution in [2.45, 2.75) is 44.6 Å². The van der Waals surface area contributed by atoms with Crippen LogP contribution in [0.15, 0.2) is 48.1 Å². The van der Waals surface area contributed by atoms with Gasteiger partial charge in [0.15, 0.2) is 5.65 Å². The van der Waals surface area contributed by atoms with Crippen LogP contribution in [0, 0.1) is 11.3 Å². The van der Waals surface area contributed by atoms with Crippen molar-refractivity contribution in [3.05, 3.63) is 53.7 Å². The van der Waals surface area contributed by atoms with Crippen LogP contribution in [-0.4, -0.2) is 54.5 Å². The summed E-state index contributed by atoms with van der Waals surface area (Å²) in [4.78, 5) is 12.8. The minimum atomic E-state index is -3.25. The van der Waals surface area contributed by atoms with Crippen LogP contribution < -0.4 is 10.1 Å². The Morgan fingerprint density at radius 3 is 2.56 bits per heavy atom. The smallest absolute Gasteiger partial charge is 0.262 e. The highest BCUT2D eigenvalue weighted by Gasteiger charge is 2.42. The molecule has 0 bridgehead atoms. The number of fused-ring (bicyclic) bond motifs is 1. The second-order valence-electron chi connectivity index (χ2n) is 8.51. The minimum absolute atomic E-state index is 0.0535. The summed E-state index contributed by atoms with van der Waals surface area (Å²) in [6.07, 6.45) is 0.981. The van der Waals surface area contributed by atoms with Crippen molar-refractivity contribution < 1.29 is 26.3 Å². The number of pyridine rings is 1. The summed E-state index contributed by atoms with van der Waals surface area (Å²) in [6.45, 7) is 6.12. The first-order valence-corrected chi connectivity index (χ1v) is 12.9. The zero-order valence-corrected chi connectivity index (χ0v) is 20.9. The fourth-order valence-corrected chi connectivity index (χ4v) is 5.58. The lowest BCUT2D eigenvalue weighted by Gasteiger charge is -2.31. The normalized spacial score (nSPS) is 18.8. The Balaban J connectivity index is 2.11. The largest absolute Gasteiger partial charge is 0.481 e. The summed E-state index contributed by atoms with van der Waals surface area (Å²) in [7, 11) is -1.86. The Morgan fingerprint density at radius 1 is 1.33 bits per heavy atom. The van der Waals surface area contributed by atoms with E-state index >= 15 is 0 Å². The van der Waals surface area contributed by atoms with Gasteiger partial charge in [0.25, 0.3) is 6.43 Å². The molecule has 0 unspecified atom stereocenters. The molecule has 1 atom stereocenters. The van der Waals surface area contributed by atoms with Gasteiger partial charge in [-0.2, -0.15) is 10.2 Å². The Labute approximate surface area is 207 Å². The highest BCUT2D eigenvalue weighted by Crippen LogP contribution is 2.41. The Hall–Kier alpha value is -3.46. The molecule has 1 aliphatic rings. The average molecular weight is 522 g/mol. The molecule has 0 aromatic carbocycles. The van der Waals surface area contributed by atoms with Crippen LogP contribution in [0.4, 0.5) is 19.0 Å². The summed E-state index contributed by atoms with van der Waals surface area (Å²) >= 11 is 0. The molecule has 1 fully saturated rings. The zero-order valence-electron chi connectivity index (χ0n) is 20.1. The summed E-state index contributed by atoms with van der Waals surface area (Å²) in [5.41, 5.74) is -1.32. The number of alkyl halides is 2.